The van der Waals surface area contributed by atoms with E-state index in [-0.39, 0.29) is 5.91 Å². The number of ether oxygens (including phenoxy) is 3. The van der Waals surface area contributed by atoms with Crippen molar-refractivity contribution in [3.63, 3.8) is 0 Å². The third-order valence-electron chi connectivity index (χ3n) is 3.17. The summed E-state index contributed by atoms with van der Waals surface area (Å²) in [7, 11) is 3.20. The van der Waals surface area contributed by atoms with Gasteiger partial charge in [-0.2, -0.15) is 0 Å². The lowest BCUT2D eigenvalue weighted by Crippen LogP contribution is -2.39. The molecule has 0 aliphatic carbocycles. The number of methoxy groups -OCH3 is 2. The van der Waals surface area contributed by atoms with Crippen molar-refractivity contribution in [1.29, 1.82) is 0 Å². The number of nitrogens with zero attached hydrogens (tertiary/aromatic N) is 1. The van der Waals surface area contributed by atoms with Crippen LogP contribution in [0.1, 0.15) is 5.56 Å². The predicted molar refractivity (Wildman–Crippen MR) is 76.0 cm³/mol. The first-order chi connectivity index (χ1) is 9.74. The lowest BCUT2D eigenvalue weighted by Gasteiger charge is -2.25. The zero-order valence-corrected chi connectivity index (χ0v) is 11.8. The van der Waals surface area contributed by atoms with E-state index < -0.39 is 0 Å². The maximum Gasteiger partial charge on any atom is 0.246 e. The van der Waals surface area contributed by atoms with Gasteiger partial charge in [0.1, 0.15) is 11.5 Å². The van der Waals surface area contributed by atoms with Gasteiger partial charge in [0.05, 0.1) is 27.4 Å². The van der Waals surface area contributed by atoms with Gasteiger partial charge in [0, 0.05) is 30.8 Å². The van der Waals surface area contributed by atoms with Gasteiger partial charge in [-0.05, 0) is 18.2 Å². The number of hydrogen-bond acceptors (Lipinski definition) is 4. The Morgan fingerprint density at radius 1 is 1.25 bits per heavy atom. The van der Waals surface area contributed by atoms with Gasteiger partial charge in [0.15, 0.2) is 0 Å². The molecule has 1 aromatic rings. The zero-order valence-electron chi connectivity index (χ0n) is 11.8. The fraction of sp³-hybridized carbons (Fsp3) is 0.400. The lowest BCUT2D eigenvalue weighted by atomic mass is 10.1. The Bertz CT molecular complexity index is 493. The summed E-state index contributed by atoms with van der Waals surface area (Å²) in [5, 5.41) is 0. The van der Waals surface area contributed by atoms with Crippen LogP contribution in [0.15, 0.2) is 24.3 Å². The molecule has 5 nitrogen and oxygen atoms in total. The Kier molecular flexibility index (Phi) is 5.01. The predicted octanol–water partition coefficient (Wildman–Crippen LogP) is 1.58. The SMILES string of the molecule is COc1ccc(C=CC(=O)N2CCOCC2)c(OC)c1. The fourth-order valence-electron chi connectivity index (χ4n) is 2.01. The van der Waals surface area contributed by atoms with Crippen LogP contribution in [0, 0.1) is 0 Å². The Morgan fingerprint density at radius 2 is 2.00 bits per heavy atom. The smallest absolute Gasteiger partial charge is 0.246 e. The first-order valence-corrected chi connectivity index (χ1v) is 6.51. The zero-order chi connectivity index (χ0) is 14.4. The monoisotopic (exact) mass is 277 g/mol. The molecule has 0 radical (unpaired) electrons. The van der Waals surface area contributed by atoms with Crippen molar-refractivity contribution >= 4 is 12.0 Å². The molecule has 1 heterocycles. The van der Waals surface area contributed by atoms with E-state index in [1.165, 1.54) is 0 Å². The van der Waals surface area contributed by atoms with Gasteiger partial charge in [-0.1, -0.05) is 0 Å². The normalized spacial score (nSPS) is 15.4. The summed E-state index contributed by atoms with van der Waals surface area (Å²) >= 11 is 0. The van der Waals surface area contributed by atoms with E-state index in [0.29, 0.717) is 32.1 Å². The first kappa shape index (κ1) is 14.4. The second-order valence-corrected chi connectivity index (χ2v) is 4.38. The van der Waals surface area contributed by atoms with Crippen molar-refractivity contribution in [2.24, 2.45) is 0 Å². The highest BCUT2D eigenvalue weighted by atomic mass is 16.5. The second kappa shape index (κ2) is 6.96. The van der Waals surface area contributed by atoms with Gasteiger partial charge in [-0.25, -0.2) is 0 Å². The molecule has 5 heteroatoms. The molecule has 20 heavy (non-hydrogen) atoms. The van der Waals surface area contributed by atoms with Crippen molar-refractivity contribution in [1.82, 2.24) is 4.90 Å². The summed E-state index contributed by atoms with van der Waals surface area (Å²) in [5.74, 6) is 1.39. The molecule has 0 bridgehead atoms. The Labute approximate surface area is 118 Å². The van der Waals surface area contributed by atoms with E-state index in [4.69, 9.17) is 14.2 Å². The summed E-state index contributed by atoms with van der Waals surface area (Å²) in [6, 6.07) is 5.49. The maximum absolute atomic E-state index is 12.0. The molecule has 1 amide bonds. The molecule has 0 aromatic heterocycles. The summed E-state index contributed by atoms with van der Waals surface area (Å²) in [5.41, 5.74) is 0.843. The number of rotatable bonds is 4. The summed E-state index contributed by atoms with van der Waals surface area (Å²) in [4.78, 5) is 13.8. The van der Waals surface area contributed by atoms with Gasteiger partial charge >= 0.3 is 0 Å². The van der Waals surface area contributed by atoms with E-state index in [0.717, 1.165) is 11.3 Å². The molecular weight excluding hydrogens is 258 g/mol. The Balaban J connectivity index is 2.08. The third-order valence-corrected chi connectivity index (χ3v) is 3.17. The van der Waals surface area contributed by atoms with Crippen LogP contribution in [0.3, 0.4) is 0 Å². The third kappa shape index (κ3) is 3.51. The average molecular weight is 277 g/mol. The molecule has 0 saturated carbocycles. The van der Waals surface area contributed by atoms with E-state index >= 15 is 0 Å². The van der Waals surface area contributed by atoms with Gasteiger partial charge in [0.2, 0.25) is 5.91 Å². The molecule has 0 atom stereocenters. The highest BCUT2D eigenvalue weighted by Gasteiger charge is 2.14. The minimum absolute atomic E-state index is 0.00817. The quantitative estimate of drug-likeness (QED) is 0.784. The van der Waals surface area contributed by atoms with Gasteiger partial charge in [0.25, 0.3) is 0 Å². The molecule has 1 saturated heterocycles. The minimum atomic E-state index is -0.00817. The number of hydrogen-bond donors (Lipinski definition) is 0. The molecule has 0 unspecified atom stereocenters. The summed E-state index contributed by atoms with van der Waals surface area (Å²) in [6.45, 7) is 2.49. The van der Waals surface area contributed by atoms with E-state index in [2.05, 4.69) is 0 Å². The first-order valence-electron chi connectivity index (χ1n) is 6.51. The van der Waals surface area contributed by atoms with Crippen LogP contribution in [-0.2, 0) is 9.53 Å². The molecule has 1 fully saturated rings. The van der Waals surface area contributed by atoms with Crippen LogP contribution >= 0.6 is 0 Å². The number of benzene rings is 1. The van der Waals surface area contributed by atoms with Crippen LogP contribution in [0.2, 0.25) is 0 Å². The summed E-state index contributed by atoms with van der Waals surface area (Å²) in [6.07, 6.45) is 3.33. The standard InChI is InChI=1S/C15H19NO4/c1-18-13-5-3-12(14(11-13)19-2)4-6-15(17)16-7-9-20-10-8-16/h3-6,11H,7-10H2,1-2H3. The van der Waals surface area contributed by atoms with Gasteiger partial charge in [-0.15, -0.1) is 0 Å². The average Bonchev–Trinajstić information content (AvgIpc) is 2.53. The molecule has 1 aromatic carbocycles. The molecule has 1 aliphatic rings. The van der Waals surface area contributed by atoms with Crippen LogP contribution in [-0.4, -0.2) is 51.3 Å². The fourth-order valence-corrected chi connectivity index (χ4v) is 2.01. The minimum Gasteiger partial charge on any atom is -0.497 e. The van der Waals surface area contributed by atoms with Crippen molar-refractivity contribution in [2.75, 3.05) is 40.5 Å². The van der Waals surface area contributed by atoms with Crippen molar-refractivity contribution in [2.45, 2.75) is 0 Å². The summed E-state index contributed by atoms with van der Waals surface area (Å²) < 4.78 is 15.7. The number of carbonyl (C=O) groups is 1. The van der Waals surface area contributed by atoms with Crippen LogP contribution in [0.25, 0.3) is 6.08 Å². The van der Waals surface area contributed by atoms with Crippen LogP contribution in [0.5, 0.6) is 11.5 Å². The van der Waals surface area contributed by atoms with E-state index in [1.54, 1.807) is 37.3 Å². The van der Waals surface area contributed by atoms with Gasteiger partial charge < -0.3 is 19.1 Å². The second-order valence-electron chi connectivity index (χ2n) is 4.38. The number of carbonyl (C=O) groups excluding carboxylic acids is 1. The van der Waals surface area contributed by atoms with Crippen molar-refractivity contribution < 1.29 is 19.0 Å². The highest BCUT2D eigenvalue weighted by Crippen LogP contribution is 2.25. The van der Waals surface area contributed by atoms with E-state index in [1.807, 2.05) is 12.1 Å². The molecule has 1 aliphatic heterocycles. The molecule has 0 N–H and O–H groups in total. The van der Waals surface area contributed by atoms with E-state index in [9.17, 15) is 4.79 Å². The number of morpholine rings is 1. The molecular formula is C15H19NO4. The topological polar surface area (TPSA) is 48.0 Å². The molecule has 2 rings (SSSR count). The Morgan fingerprint density at radius 3 is 2.65 bits per heavy atom. The number of amides is 1. The van der Waals surface area contributed by atoms with Crippen molar-refractivity contribution in [3.8, 4) is 11.5 Å². The lowest BCUT2D eigenvalue weighted by molar-refractivity contribution is -0.129. The molecule has 0 spiro atoms. The Hall–Kier alpha value is -2.01. The van der Waals surface area contributed by atoms with Crippen molar-refractivity contribution in [3.05, 3.63) is 29.8 Å². The largest absolute Gasteiger partial charge is 0.497 e. The van der Waals surface area contributed by atoms with Gasteiger partial charge in [-0.3, -0.25) is 4.79 Å². The highest BCUT2D eigenvalue weighted by molar-refractivity contribution is 5.92. The maximum atomic E-state index is 12.0. The van der Waals surface area contributed by atoms with Crippen LogP contribution < -0.4 is 9.47 Å². The van der Waals surface area contributed by atoms with Crippen LogP contribution in [0.4, 0.5) is 0 Å². The molecule has 108 valence electrons.